The number of carbonyl (C=O) groups is 1. The van der Waals surface area contributed by atoms with Gasteiger partial charge in [0.25, 0.3) is 0 Å². The molecule has 0 spiro atoms. The van der Waals surface area contributed by atoms with E-state index in [0.717, 1.165) is 29.5 Å². The van der Waals surface area contributed by atoms with E-state index in [1.807, 2.05) is 25.2 Å². The number of nitrogens with zero attached hydrogens (tertiary/aromatic N) is 4. The third-order valence-corrected chi connectivity index (χ3v) is 8.63. The molecule has 37 heavy (non-hydrogen) atoms. The van der Waals surface area contributed by atoms with Crippen LogP contribution in [0.1, 0.15) is 22.6 Å². The van der Waals surface area contributed by atoms with Gasteiger partial charge < -0.3 is 9.80 Å². The van der Waals surface area contributed by atoms with Gasteiger partial charge >= 0.3 is 12.2 Å². The van der Waals surface area contributed by atoms with Gasteiger partial charge in [-0.15, -0.1) is 0 Å². The van der Waals surface area contributed by atoms with E-state index in [2.05, 4.69) is 4.90 Å². The van der Waals surface area contributed by atoms with Gasteiger partial charge in [-0.25, -0.2) is 13.2 Å². The number of amides is 2. The van der Waals surface area contributed by atoms with Crippen molar-refractivity contribution in [1.29, 1.82) is 0 Å². The second-order valence-corrected chi connectivity index (χ2v) is 12.1. The number of likely N-dealkylation sites (N-methyl/N-ethyl adjacent to an activating group) is 1. The minimum Gasteiger partial charge on any atom is -0.322 e. The summed E-state index contributed by atoms with van der Waals surface area (Å²) in [7, 11) is -1.40. The molecule has 0 aromatic heterocycles. The summed E-state index contributed by atoms with van der Waals surface area (Å²) in [4.78, 5) is 18.9. The van der Waals surface area contributed by atoms with Gasteiger partial charge in [0.1, 0.15) is 0 Å². The minimum atomic E-state index is -4.39. The zero-order valence-corrected chi connectivity index (χ0v) is 22.2. The van der Waals surface area contributed by atoms with Gasteiger partial charge in [-0.05, 0) is 42.4 Å². The Morgan fingerprint density at radius 2 is 1.68 bits per heavy atom. The lowest BCUT2D eigenvalue weighted by Crippen LogP contribution is -2.53. The van der Waals surface area contributed by atoms with Crippen LogP contribution in [0.15, 0.2) is 48.5 Å². The second-order valence-electron chi connectivity index (χ2n) is 9.68. The Morgan fingerprint density at radius 1 is 1.03 bits per heavy atom. The molecule has 2 heterocycles. The Kier molecular flexibility index (Phi) is 8.08. The Balaban J connectivity index is 1.50. The minimum absolute atomic E-state index is 0.0561. The molecule has 0 saturated carbocycles. The van der Waals surface area contributed by atoms with Crippen molar-refractivity contribution in [2.45, 2.75) is 24.7 Å². The predicted molar refractivity (Wildman–Crippen MR) is 136 cm³/mol. The Bertz CT molecular complexity index is 1220. The highest BCUT2D eigenvalue weighted by molar-refractivity contribution is 7.88. The average Bonchev–Trinajstić information content (AvgIpc) is 3.29. The molecule has 0 N–H and O–H groups in total. The van der Waals surface area contributed by atoms with Crippen molar-refractivity contribution in [3.8, 4) is 0 Å². The molecular weight excluding hydrogens is 529 g/mol. The van der Waals surface area contributed by atoms with E-state index in [1.165, 1.54) is 16.4 Å². The molecule has 2 atom stereocenters. The van der Waals surface area contributed by atoms with E-state index in [0.29, 0.717) is 37.7 Å². The third kappa shape index (κ3) is 6.57. The molecule has 7 nitrogen and oxygen atoms in total. The predicted octanol–water partition coefficient (Wildman–Crippen LogP) is 3.96. The van der Waals surface area contributed by atoms with Gasteiger partial charge in [-0.2, -0.15) is 17.5 Å². The average molecular weight is 559 g/mol. The number of likely N-dealkylation sites (tertiary alicyclic amines) is 1. The van der Waals surface area contributed by atoms with Gasteiger partial charge in [0, 0.05) is 62.8 Å². The van der Waals surface area contributed by atoms with Crippen LogP contribution < -0.4 is 0 Å². The molecule has 0 unspecified atom stereocenters. The molecule has 2 aromatic carbocycles. The van der Waals surface area contributed by atoms with Gasteiger partial charge in [-0.3, -0.25) is 4.90 Å². The fraction of sp³-hybridized carbons (Fsp3) is 0.480. The molecule has 4 rings (SSSR count). The fourth-order valence-corrected chi connectivity index (χ4v) is 6.09. The topological polar surface area (TPSA) is 64.2 Å². The first-order valence-electron chi connectivity index (χ1n) is 11.9. The number of sulfonamides is 1. The van der Waals surface area contributed by atoms with Gasteiger partial charge in [0.05, 0.1) is 11.8 Å². The first-order valence-corrected chi connectivity index (χ1v) is 14.2. The lowest BCUT2D eigenvalue weighted by Gasteiger charge is -2.35. The van der Waals surface area contributed by atoms with E-state index in [4.69, 9.17) is 11.6 Å². The lowest BCUT2D eigenvalue weighted by molar-refractivity contribution is -0.137. The van der Waals surface area contributed by atoms with E-state index >= 15 is 0 Å². The number of halogens is 4. The van der Waals surface area contributed by atoms with Crippen molar-refractivity contribution in [1.82, 2.24) is 19.0 Å². The van der Waals surface area contributed by atoms with Crippen molar-refractivity contribution in [3.63, 3.8) is 0 Å². The first-order chi connectivity index (χ1) is 17.3. The number of alkyl halides is 3. The summed E-state index contributed by atoms with van der Waals surface area (Å²) in [5.74, 6) is -0.0561. The number of hydrogen-bond acceptors (Lipinski definition) is 4. The summed E-state index contributed by atoms with van der Waals surface area (Å²) >= 11 is 6.26. The van der Waals surface area contributed by atoms with Crippen molar-refractivity contribution in [2.24, 2.45) is 0 Å². The molecule has 0 bridgehead atoms. The second kappa shape index (κ2) is 10.8. The third-order valence-electron chi connectivity index (χ3n) is 7.09. The van der Waals surface area contributed by atoms with E-state index in [9.17, 15) is 26.4 Å². The van der Waals surface area contributed by atoms with Crippen LogP contribution in [0.3, 0.4) is 0 Å². The maximum atomic E-state index is 13.4. The van der Waals surface area contributed by atoms with Crippen LogP contribution in [0.4, 0.5) is 18.0 Å². The molecule has 2 saturated heterocycles. The molecule has 12 heteroatoms. The van der Waals surface area contributed by atoms with Crippen LogP contribution in [0.2, 0.25) is 5.02 Å². The quantitative estimate of drug-likeness (QED) is 0.557. The highest BCUT2D eigenvalue weighted by Gasteiger charge is 2.40. The summed E-state index contributed by atoms with van der Waals surface area (Å²) in [5, 5.41) is 0.586. The fourth-order valence-electron chi connectivity index (χ4n) is 5.07. The molecule has 0 aliphatic carbocycles. The molecule has 2 fully saturated rings. The highest BCUT2D eigenvalue weighted by atomic mass is 35.5. The van der Waals surface area contributed by atoms with E-state index in [1.54, 1.807) is 15.9 Å². The van der Waals surface area contributed by atoms with Gasteiger partial charge in [0.2, 0.25) is 10.0 Å². The maximum absolute atomic E-state index is 13.4. The van der Waals surface area contributed by atoms with Crippen LogP contribution in [0, 0.1) is 0 Å². The van der Waals surface area contributed by atoms with Gasteiger partial charge in [0.15, 0.2) is 0 Å². The molecule has 2 aliphatic rings. The van der Waals surface area contributed by atoms with E-state index < -0.39 is 21.8 Å². The number of rotatable bonds is 5. The maximum Gasteiger partial charge on any atom is 0.416 e. The SMILES string of the molecule is CN(Cc1ccc(C(F)(F)F)cc1)[C@@H]1CN(C(=O)N2CCN(S(C)(=O)=O)CC2)C[C@@H]1c1cccc(Cl)c1. The highest BCUT2D eigenvalue weighted by Crippen LogP contribution is 2.34. The molecule has 2 aliphatic heterocycles. The van der Waals surface area contributed by atoms with Crippen molar-refractivity contribution < 1.29 is 26.4 Å². The summed E-state index contributed by atoms with van der Waals surface area (Å²) in [6.07, 6.45) is -3.22. The number of piperazine rings is 1. The van der Waals surface area contributed by atoms with E-state index in [-0.39, 0.29) is 31.1 Å². The summed E-state index contributed by atoms with van der Waals surface area (Å²) in [6.45, 7) is 2.44. The Labute approximate surface area is 220 Å². The zero-order chi connectivity index (χ0) is 27.0. The number of benzene rings is 2. The summed E-state index contributed by atoms with van der Waals surface area (Å²) in [5.41, 5.74) is 1.03. The largest absolute Gasteiger partial charge is 0.416 e. The van der Waals surface area contributed by atoms with Crippen LogP contribution in [-0.2, 0) is 22.7 Å². The molecule has 0 radical (unpaired) electrons. The standard InChI is InChI=1S/C25H30ClF3N4O3S/c1-30(15-18-6-8-20(9-7-18)25(27,28)29)23-17-32(16-22(23)19-4-3-5-21(26)14-19)24(34)31-10-12-33(13-11-31)37(2,35)36/h3-9,14,22-23H,10-13,15-17H2,1-2H3/t22-,23-/m1/s1. The smallest absolute Gasteiger partial charge is 0.322 e. The van der Waals surface area contributed by atoms with Crippen LogP contribution in [0.5, 0.6) is 0 Å². The van der Waals surface area contributed by atoms with Crippen molar-refractivity contribution >= 4 is 27.7 Å². The lowest BCUT2D eigenvalue weighted by atomic mass is 9.93. The first kappa shape index (κ1) is 27.7. The molecule has 2 aromatic rings. The summed E-state index contributed by atoms with van der Waals surface area (Å²) < 4.78 is 63.9. The van der Waals surface area contributed by atoms with Gasteiger partial charge in [-0.1, -0.05) is 35.9 Å². The van der Waals surface area contributed by atoms with Crippen molar-refractivity contribution in [3.05, 3.63) is 70.2 Å². The summed E-state index contributed by atoms with van der Waals surface area (Å²) in [6, 6.07) is 12.4. The Hall–Kier alpha value is -2.34. The number of hydrogen-bond donors (Lipinski definition) is 0. The normalized spacial score (nSPS) is 21.6. The van der Waals surface area contributed by atoms with Crippen LogP contribution in [-0.4, -0.2) is 92.1 Å². The van der Waals surface area contributed by atoms with Crippen LogP contribution >= 0.6 is 11.6 Å². The molecule has 2 amide bonds. The number of urea groups is 1. The van der Waals surface area contributed by atoms with Crippen LogP contribution in [0.25, 0.3) is 0 Å². The molecular formula is C25H30ClF3N4O3S. The number of carbonyl (C=O) groups excluding carboxylic acids is 1. The van der Waals surface area contributed by atoms with Crippen molar-refractivity contribution in [2.75, 3.05) is 52.6 Å². The molecule has 202 valence electrons. The Morgan fingerprint density at radius 3 is 2.24 bits per heavy atom. The monoisotopic (exact) mass is 558 g/mol. The zero-order valence-electron chi connectivity index (χ0n) is 20.7.